The normalized spacial score (nSPS) is 11.1. The highest BCUT2D eigenvalue weighted by atomic mass is 16.4. The molecule has 0 amide bonds. The van der Waals surface area contributed by atoms with E-state index in [1.807, 2.05) is 18.2 Å². The predicted octanol–water partition coefficient (Wildman–Crippen LogP) is 2.84. The quantitative estimate of drug-likeness (QED) is 0.435. The third kappa shape index (κ3) is 1.74. The summed E-state index contributed by atoms with van der Waals surface area (Å²) < 4.78 is 0. The topological polar surface area (TPSA) is 32.6 Å². The van der Waals surface area contributed by atoms with E-state index in [9.17, 15) is 0 Å². The number of hydrogen-bond donors (Lipinski definition) is 1. The summed E-state index contributed by atoms with van der Waals surface area (Å²) in [7, 11) is 0. The SMILES string of the molecule is ON=CCc1ccc2ccccc2c1. The molecule has 2 heteroatoms. The lowest BCUT2D eigenvalue weighted by Crippen LogP contribution is -1.85. The summed E-state index contributed by atoms with van der Waals surface area (Å²) in [5, 5.41) is 13.7. The second-order valence-electron chi connectivity index (χ2n) is 3.18. The molecule has 14 heavy (non-hydrogen) atoms. The lowest BCUT2D eigenvalue weighted by atomic mass is 10.1. The van der Waals surface area contributed by atoms with Crippen molar-refractivity contribution in [2.45, 2.75) is 6.42 Å². The average molecular weight is 185 g/mol. The maximum atomic E-state index is 8.31. The first kappa shape index (κ1) is 8.75. The molecule has 70 valence electrons. The molecule has 2 nitrogen and oxygen atoms in total. The molecular weight excluding hydrogens is 174 g/mol. The van der Waals surface area contributed by atoms with Crippen LogP contribution in [0.1, 0.15) is 5.56 Å². The smallest absolute Gasteiger partial charge is 0.0479 e. The molecule has 0 saturated carbocycles. The molecule has 0 saturated heterocycles. The second kappa shape index (κ2) is 3.92. The van der Waals surface area contributed by atoms with Crippen LogP contribution in [0.4, 0.5) is 0 Å². The fourth-order valence-corrected chi connectivity index (χ4v) is 1.51. The molecule has 0 spiro atoms. The van der Waals surface area contributed by atoms with Crippen molar-refractivity contribution in [3.63, 3.8) is 0 Å². The van der Waals surface area contributed by atoms with Crippen LogP contribution in [0.5, 0.6) is 0 Å². The Labute approximate surface area is 82.5 Å². The van der Waals surface area contributed by atoms with Crippen LogP contribution in [0.25, 0.3) is 10.8 Å². The Morgan fingerprint density at radius 3 is 2.64 bits per heavy atom. The van der Waals surface area contributed by atoms with Gasteiger partial charge < -0.3 is 5.21 Å². The number of benzene rings is 2. The Morgan fingerprint density at radius 2 is 1.86 bits per heavy atom. The van der Waals surface area contributed by atoms with Crippen molar-refractivity contribution in [3.05, 3.63) is 48.0 Å². The molecule has 0 aliphatic carbocycles. The number of rotatable bonds is 2. The van der Waals surface area contributed by atoms with E-state index in [1.54, 1.807) is 0 Å². The number of fused-ring (bicyclic) bond motifs is 1. The standard InChI is InChI=1S/C12H11NO/c14-13-8-7-10-5-6-11-3-1-2-4-12(11)9-10/h1-6,8-9,14H,7H2. The van der Waals surface area contributed by atoms with Crippen LogP contribution in [0.15, 0.2) is 47.6 Å². The molecule has 0 radical (unpaired) electrons. The lowest BCUT2D eigenvalue weighted by molar-refractivity contribution is 0.321. The molecule has 0 unspecified atom stereocenters. The molecular formula is C12H11NO. The summed E-state index contributed by atoms with van der Waals surface area (Å²) in [5.74, 6) is 0. The Balaban J connectivity index is 2.41. The van der Waals surface area contributed by atoms with Crippen molar-refractivity contribution in [2.24, 2.45) is 5.16 Å². The zero-order valence-electron chi connectivity index (χ0n) is 7.72. The monoisotopic (exact) mass is 185 g/mol. The van der Waals surface area contributed by atoms with Gasteiger partial charge >= 0.3 is 0 Å². The van der Waals surface area contributed by atoms with Crippen LogP contribution in [0.3, 0.4) is 0 Å². The van der Waals surface area contributed by atoms with Crippen LogP contribution in [-0.2, 0) is 6.42 Å². The minimum absolute atomic E-state index is 0.668. The van der Waals surface area contributed by atoms with Crippen LogP contribution in [0.2, 0.25) is 0 Å². The first-order chi connectivity index (χ1) is 6.90. The Morgan fingerprint density at radius 1 is 1.07 bits per heavy atom. The summed E-state index contributed by atoms with van der Waals surface area (Å²) >= 11 is 0. The molecule has 1 N–H and O–H groups in total. The summed E-state index contributed by atoms with van der Waals surface area (Å²) in [4.78, 5) is 0. The largest absolute Gasteiger partial charge is 0.411 e. The molecule has 0 aromatic heterocycles. The van der Waals surface area contributed by atoms with Crippen LogP contribution < -0.4 is 0 Å². The summed E-state index contributed by atoms with van der Waals surface area (Å²) in [6.45, 7) is 0. The highest BCUT2D eigenvalue weighted by Gasteiger charge is 1.94. The van der Waals surface area contributed by atoms with E-state index < -0.39 is 0 Å². The first-order valence-electron chi connectivity index (χ1n) is 4.54. The first-order valence-corrected chi connectivity index (χ1v) is 4.54. The Kier molecular flexibility index (Phi) is 2.45. The van der Waals surface area contributed by atoms with Gasteiger partial charge in [0.05, 0.1) is 0 Å². The van der Waals surface area contributed by atoms with Gasteiger partial charge in [0.1, 0.15) is 0 Å². The third-order valence-electron chi connectivity index (χ3n) is 2.22. The maximum Gasteiger partial charge on any atom is 0.0479 e. The van der Waals surface area contributed by atoms with E-state index in [-0.39, 0.29) is 0 Å². The van der Waals surface area contributed by atoms with Crippen molar-refractivity contribution in [1.82, 2.24) is 0 Å². The molecule has 0 fully saturated rings. The predicted molar refractivity (Wildman–Crippen MR) is 57.9 cm³/mol. The van der Waals surface area contributed by atoms with E-state index in [2.05, 4.69) is 29.4 Å². The minimum atomic E-state index is 0.668. The summed E-state index contributed by atoms with van der Waals surface area (Å²) in [5.41, 5.74) is 1.15. The van der Waals surface area contributed by atoms with Gasteiger partial charge in [-0.15, -0.1) is 5.16 Å². The molecule has 0 aliphatic heterocycles. The maximum absolute atomic E-state index is 8.31. The van der Waals surface area contributed by atoms with Crippen molar-refractivity contribution in [3.8, 4) is 0 Å². The average Bonchev–Trinajstić information content (AvgIpc) is 2.26. The Hall–Kier alpha value is -1.83. The van der Waals surface area contributed by atoms with Crippen molar-refractivity contribution in [1.29, 1.82) is 0 Å². The summed E-state index contributed by atoms with van der Waals surface area (Å²) in [6.07, 6.45) is 2.16. The van der Waals surface area contributed by atoms with Gasteiger partial charge in [0.2, 0.25) is 0 Å². The van der Waals surface area contributed by atoms with Gasteiger partial charge in [0.25, 0.3) is 0 Å². The zero-order chi connectivity index (χ0) is 9.80. The minimum Gasteiger partial charge on any atom is -0.411 e. The molecule has 0 aliphatic rings. The van der Waals surface area contributed by atoms with Crippen LogP contribution in [-0.4, -0.2) is 11.4 Å². The van der Waals surface area contributed by atoms with Crippen molar-refractivity contribution < 1.29 is 5.21 Å². The zero-order valence-corrected chi connectivity index (χ0v) is 7.72. The molecule has 0 bridgehead atoms. The van der Waals surface area contributed by atoms with Gasteiger partial charge in [0.15, 0.2) is 0 Å². The third-order valence-corrected chi connectivity index (χ3v) is 2.22. The molecule has 2 aromatic rings. The van der Waals surface area contributed by atoms with Gasteiger partial charge in [-0.05, 0) is 16.3 Å². The lowest BCUT2D eigenvalue weighted by Gasteiger charge is -1.99. The molecule has 2 rings (SSSR count). The van der Waals surface area contributed by atoms with Crippen molar-refractivity contribution in [2.75, 3.05) is 0 Å². The number of nitrogens with zero attached hydrogens (tertiary/aromatic N) is 1. The summed E-state index contributed by atoms with van der Waals surface area (Å²) in [6, 6.07) is 14.4. The highest BCUT2D eigenvalue weighted by molar-refractivity contribution is 5.83. The van der Waals surface area contributed by atoms with E-state index in [4.69, 9.17) is 5.21 Å². The second-order valence-corrected chi connectivity index (χ2v) is 3.18. The Bertz CT molecular complexity index is 463. The van der Waals surface area contributed by atoms with Gasteiger partial charge in [0, 0.05) is 12.6 Å². The van der Waals surface area contributed by atoms with Gasteiger partial charge in [-0.25, -0.2) is 0 Å². The van der Waals surface area contributed by atoms with E-state index >= 15 is 0 Å². The van der Waals surface area contributed by atoms with Gasteiger partial charge in [-0.2, -0.15) is 0 Å². The van der Waals surface area contributed by atoms with Crippen LogP contribution in [0, 0.1) is 0 Å². The molecule has 0 atom stereocenters. The molecule has 0 heterocycles. The molecule has 2 aromatic carbocycles. The van der Waals surface area contributed by atoms with E-state index in [1.165, 1.54) is 17.0 Å². The fraction of sp³-hybridized carbons (Fsp3) is 0.0833. The van der Waals surface area contributed by atoms with Crippen LogP contribution >= 0.6 is 0 Å². The number of oxime groups is 1. The van der Waals surface area contributed by atoms with Crippen molar-refractivity contribution >= 4 is 17.0 Å². The van der Waals surface area contributed by atoms with E-state index in [0.717, 1.165) is 5.56 Å². The number of hydrogen-bond acceptors (Lipinski definition) is 2. The van der Waals surface area contributed by atoms with Gasteiger partial charge in [-0.1, -0.05) is 42.5 Å². The van der Waals surface area contributed by atoms with Gasteiger partial charge in [-0.3, -0.25) is 0 Å². The van der Waals surface area contributed by atoms with E-state index in [0.29, 0.717) is 6.42 Å². The fourth-order valence-electron chi connectivity index (χ4n) is 1.51. The highest BCUT2D eigenvalue weighted by Crippen LogP contribution is 2.15.